The molecule has 0 heterocycles. The molecule has 0 aliphatic carbocycles. The average Bonchev–Trinajstić information content (AvgIpc) is 2.26. The first kappa shape index (κ1) is 12.3. The van der Waals surface area contributed by atoms with Crippen LogP contribution in [-0.2, 0) is 9.53 Å². The molecular formula is C11H14FNO3. The van der Waals surface area contributed by atoms with Crippen LogP contribution in [0.2, 0.25) is 0 Å². The van der Waals surface area contributed by atoms with E-state index >= 15 is 0 Å². The lowest BCUT2D eigenvalue weighted by Crippen LogP contribution is -2.05. The number of benzene rings is 1. The molecule has 0 saturated heterocycles. The summed E-state index contributed by atoms with van der Waals surface area (Å²) in [4.78, 5) is 10.8. The molecule has 0 unspecified atom stereocenters. The number of carbonyl (C=O) groups is 1. The van der Waals surface area contributed by atoms with Crippen molar-refractivity contribution >= 4 is 11.7 Å². The molecule has 1 aromatic rings. The molecule has 0 aliphatic rings. The highest BCUT2D eigenvalue weighted by Gasteiger charge is 2.04. The summed E-state index contributed by atoms with van der Waals surface area (Å²) < 4.78 is 22.8. The Kier molecular flexibility index (Phi) is 4.57. The Labute approximate surface area is 93.2 Å². The van der Waals surface area contributed by atoms with Gasteiger partial charge >= 0.3 is 5.97 Å². The van der Waals surface area contributed by atoms with E-state index in [1.807, 2.05) is 0 Å². The van der Waals surface area contributed by atoms with Crippen molar-refractivity contribution in [1.29, 1.82) is 0 Å². The number of halogens is 1. The van der Waals surface area contributed by atoms with Crippen molar-refractivity contribution in [3.8, 4) is 5.75 Å². The molecule has 0 fully saturated rings. The Bertz CT molecular complexity index is 368. The van der Waals surface area contributed by atoms with Gasteiger partial charge in [-0.05, 0) is 18.6 Å². The summed E-state index contributed by atoms with van der Waals surface area (Å²) in [6.45, 7) is 0.260. The highest BCUT2D eigenvalue weighted by molar-refractivity contribution is 5.69. The number of nitrogen functional groups attached to an aromatic ring is 1. The smallest absolute Gasteiger partial charge is 0.305 e. The minimum absolute atomic E-state index is 0.138. The molecule has 16 heavy (non-hydrogen) atoms. The maximum absolute atomic E-state index is 13.2. The van der Waals surface area contributed by atoms with E-state index in [0.29, 0.717) is 12.1 Å². The Morgan fingerprint density at radius 2 is 2.25 bits per heavy atom. The lowest BCUT2D eigenvalue weighted by atomic mass is 10.3. The van der Waals surface area contributed by atoms with Gasteiger partial charge in [-0.15, -0.1) is 0 Å². The molecule has 5 heteroatoms. The van der Waals surface area contributed by atoms with Crippen LogP contribution in [0.15, 0.2) is 18.2 Å². The zero-order valence-corrected chi connectivity index (χ0v) is 9.03. The largest absolute Gasteiger partial charge is 0.491 e. The highest BCUT2D eigenvalue weighted by Crippen LogP contribution is 2.19. The van der Waals surface area contributed by atoms with Crippen LogP contribution in [0, 0.1) is 5.82 Å². The summed E-state index contributed by atoms with van der Waals surface area (Å²) in [5.41, 5.74) is 5.73. The number of hydrogen-bond acceptors (Lipinski definition) is 4. The molecule has 0 radical (unpaired) electrons. The van der Waals surface area contributed by atoms with E-state index < -0.39 is 5.82 Å². The van der Waals surface area contributed by atoms with Gasteiger partial charge in [-0.1, -0.05) is 0 Å². The fraction of sp³-hybridized carbons (Fsp3) is 0.364. The fourth-order valence-corrected chi connectivity index (χ4v) is 1.13. The lowest BCUT2D eigenvalue weighted by Gasteiger charge is -2.06. The van der Waals surface area contributed by atoms with E-state index in [9.17, 15) is 9.18 Å². The van der Waals surface area contributed by atoms with Crippen LogP contribution in [0.3, 0.4) is 0 Å². The van der Waals surface area contributed by atoms with Crippen LogP contribution < -0.4 is 10.5 Å². The molecule has 0 spiro atoms. The maximum Gasteiger partial charge on any atom is 0.305 e. The van der Waals surface area contributed by atoms with E-state index in [-0.39, 0.29) is 24.7 Å². The molecular weight excluding hydrogens is 213 g/mol. The quantitative estimate of drug-likeness (QED) is 0.473. The summed E-state index contributed by atoms with van der Waals surface area (Å²) in [6, 6.07) is 4.21. The summed E-state index contributed by atoms with van der Waals surface area (Å²) in [6.07, 6.45) is 0.740. The molecule has 1 aromatic carbocycles. The number of hydrogen-bond donors (Lipinski definition) is 1. The van der Waals surface area contributed by atoms with E-state index in [2.05, 4.69) is 4.74 Å². The van der Waals surface area contributed by atoms with Crippen molar-refractivity contribution in [3.63, 3.8) is 0 Å². The predicted molar refractivity (Wildman–Crippen MR) is 57.6 cm³/mol. The third-order valence-corrected chi connectivity index (χ3v) is 1.97. The minimum atomic E-state index is -0.502. The van der Waals surface area contributed by atoms with Crippen LogP contribution >= 0.6 is 0 Å². The number of anilines is 1. The summed E-state index contributed by atoms with van der Waals surface area (Å²) in [5, 5.41) is 0. The second-order valence-corrected chi connectivity index (χ2v) is 3.22. The van der Waals surface area contributed by atoms with Gasteiger partial charge < -0.3 is 15.2 Å². The van der Waals surface area contributed by atoms with Crippen molar-refractivity contribution in [2.45, 2.75) is 12.8 Å². The van der Waals surface area contributed by atoms with E-state index in [1.165, 1.54) is 19.2 Å². The number of esters is 1. The van der Waals surface area contributed by atoms with Crippen molar-refractivity contribution in [3.05, 3.63) is 24.0 Å². The molecule has 2 N–H and O–H groups in total. The Morgan fingerprint density at radius 1 is 1.50 bits per heavy atom. The zero-order chi connectivity index (χ0) is 12.0. The Morgan fingerprint density at radius 3 is 2.88 bits per heavy atom. The Balaban J connectivity index is 2.35. The monoisotopic (exact) mass is 227 g/mol. The SMILES string of the molecule is COC(=O)CCCOc1ccc(N)cc1F. The van der Waals surface area contributed by atoms with Gasteiger partial charge in [-0.2, -0.15) is 0 Å². The van der Waals surface area contributed by atoms with Crippen LogP contribution in [0.4, 0.5) is 10.1 Å². The first-order chi connectivity index (χ1) is 7.63. The Hall–Kier alpha value is -1.78. The van der Waals surface area contributed by atoms with E-state index in [4.69, 9.17) is 10.5 Å². The second-order valence-electron chi connectivity index (χ2n) is 3.22. The minimum Gasteiger partial charge on any atom is -0.491 e. The molecule has 88 valence electrons. The van der Waals surface area contributed by atoms with Gasteiger partial charge in [-0.3, -0.25) is 4.79 Å². The van der Waals surface area contributed by atoms with Crippen LogP contribution in [0.1, 0.15) is 12.8 Å². The van der Waals surface area contributed by atoms with Gasteiger partial charge in [0.25, 0.3) is 0 Å². The van der Waals surface area contributed by atoms with Gasteiger partial charge in [0.15, 0.2) is 11.6 Å². The number of rotatable bonds is 5. The standard InChI is InChI=1S/C11H14FNO3/c1-15-11(14)3-2-6-16-10-5-4-8(13)7-9(10)12/h4-5,7H,2-3,6,13H2,1H3. The number of carbonyl (C=O) groups excluding carboxylic acids is 1. The van der Waals surface area contributed by atoms with Crippen LogP contribution in [0.25, 0.3) is 0 Å². The summed E-state index contributed by atoms with van der Waals surface area (Å²) in [5.74, 6) is -0.668. The van der Waals surface area contributed by atoms with Gasteiger partial charge in [-0.25, -0.2) is 4.39 Å². The number of nitrogens with two attached hydrogens (primary N) is 1. The maximum atomic E-state index is 13.2. The van der Waals surface area contributed by atoms with Gasteiger partial charge in [0.05, 0.1) is 13.7 Å². The molecule has 0 bridgehead atoms. The highest BCUT2D eigenvalue weighted by atomic mass is 19.1. The van der Waals surface area contributed by atoms with Crippen LogP contribution in [0.5, 0.6) is 5.75 Å². The second kappa shape index (κ2) is 5.95. The summed E-state index contributed by atoms with van der Waals surface area (Å²) >= 11 is 0. The molecule has 0 aliphatic heterocycles. The van der Waals surface area contributed by atoms with Crippen LogP contribution in [-0.4, -0.2) is 19.7 Å². The number of ether oxygens (including phenoxy) is 2. The van der Waals surface area contributed by atoms with Gasteiger partial charge in [0.1, 0.15) is 0 Å². The third kappa shape index (κ3) is 3.76. The topological polar surface area (TPSA) is 61.5 Å². The molecule has 1 rings (SSSR count). The predicted octanol–water partition coefficient (Wildman–Crippen LogP) is 1.74. The molecule has 0 amide bonds. The van der Waals surface area contributed by atoms with Crippen molar-refractivity contribution < 1.29 is 18.7 Å². The zero-order valence-electron chi connectivity index (χ0n) is 9.03. The fourth-order valence-electron chi connectivity index (χ4n) is 1.13. The van der Waals surface area contributed by atoms with E-state index in [1.54, 1.807) is 6.07 Å². The number of methoxy groups -OCH3 is 1. The lowest BCUT2D eigenvalue weighted by molar-refractivity contribution is -0.140. The third-order valence-electron chi connectivity index (χ3n) is 1.97. The molecule has 0 aromatic heterocycles. The van der Waals surface area contributed by atoms with Crippen molar-refractivity contribution in [1.82, 2.24) is 0 Å². The average molecular weight is 227 g/mol. The molecule has 4 nitrogen and oxygen atoms in total. The van der Waals surface area contributed by atoms with E-state index in [0.717, 1.165) is 0 Å². The normalized spacial score (nSPS) is 9.88. The van der Waals surface area contributed by atoms with Gasteiger partial charge in [0, 0.05) is 18.2 Å². The van der Waals surface area contributed by atoms with Crippen molar-refractivity contribution in [2.75, 3.05) is 19.5 Å². The first-order valence-electron chi connectivity index (χ1n) is 4.88. The first-order valence-corrected chi connectivity index (χ1v) is 4.88. The molecule has 0 saturated carbocycles. The van der Waals surface area contributed by atoms with Gasteiger partial charge in [0.2, 0.25) is 0 Å². The molecule has 0 atom stereocenters. The van der Waals surface area contributed by atoms with Crippen molar-refractivity contribution in [2.24, 2.45) is 0 Å². The summed E-state index contributed by atoms with van der Waals surface area (Å²) in [7, 11) is 1.32.